The third-order valence-corrected chi connectivity index (χ3v) is 9.04. The molecule has 0 aromatic heterocycles. The van der Waals surface area contributed by atoms with Gasteiger partial charge in [0.1, 0.15) is 0 Å². The van der Waals surface area contributed by atoms with Crippen molar-refractivity contribution in [3.63, 3.8) is 0 Å². The molecular weight excluding hydrogens is 495 g/mol. The first-order valence-corrected chi connectivity index (χ1v) is 13.4. The highest BCUT2D eigenvalue weighted by Crippen LogP contribution is 2.43. The maximum absolute atomic E-state index is 13.8. The number of carbonyl (C=O) groups is 2. The molecule has 2 amide bonds. The highest BCUT2D eigenvalue weighted by molar-refractivity contribution is 7.91. The first-order chi connectivity index (χ1) is 16.9. The van der Waals surface area contributed by atoms with Crippen molar-refractivity contribution >= 4 is 21.7 Å². The highest BCUT2D eigenvalue weighted by atomic mass is 32.2. The molecule has 0 bridgehead atoms. The van der Waals surface area contributed by atoms with Gasteiger partial charge in [0, 0.05) is 24.2 Å². The van der Waals surface area contributed by atoms with E-state index in [-0.39, 0.29) is 35.2 Å². The summed E-state index contributed by atoms with van der Waals surface area (Å²) in [7, 11) is -3.68. The van der Waals surface area contributed by atoms with Crippen LogP contribution in [0.2, 0.25) is 0 Å². The zero-order valence-electron chi connectivity index (χ0n) is 19.4. The van der Waals surface area contributed by atoms with Gasteiger partial charge in [-0.15, -0.1) is 0 Å². The summed E-state index contributed by atoms with van der Waals surface area (Å²) >= 11 is 0. The molecular formula is C25H28F3N3O4S. The number of alkyl halides is 3. The summed E-state index contributed by atoms with van der Waals surface area (Å²) < 4.78 is 67.6. The van der Waals surface area contributed by atoms with Crippen molar-refractivity contribution in [2.45, 2.75) is 54.8 Å². The van der Waals surface area contributed by atoms with Crippen LogP contribution in [-0.4, -0.2) is 49.5 Å². The summed E-state index contributed by atoms with van der Waals surface area (Å²) in [6.45, 7) is 0.148. The van der Waals surface area contributed by atoms with E-state index < -0.39 is 56.8 Å². The molecule has 0 spiro atoms. The van der Waals surface area contributed by atoms with E-state index in [4.69, 9.17) is 11.5 Å². The molecule has 4 rings (SSSR count). The van der Waals surface area contributed by atoms with Gasteiger partial charge in [0.15, 0.2) is 9.84 Å². The van der Waals surface area contributed by atoms with Crippen LogP contribution in [0.25, 0.3) is 0 Å². The Morgan fingerprint density at radius 2 is 1.72 bits per heavy atom. The van der Waals surface area contributed by atoms with Gasteiger partial charge in [-0.25, -0.2) is 8.42 Å². The molecule has 1 heterocycles. The van der Waals surface area contributed by atoms with E-state index in [1.54, 1.807) is 18.2 Å². The SMILES string of the molecule is NC(=O)c1cccc(C(F)(F)F)c1[C@@H]1CCN([C@H]2CC[C@@H](N)C[C@H]2CS(=O)(=O)c2ccccc2)C1=O. The number of hydrogen-bond acceptors (Lipinski definition) is 5. The Bertz CT molecular complexity index is 1250. The molecule has 36 heavy (non-hydrogen) atoms. The van der Waals surface area contributed by atoms with Gasteiger partial charge in [-0.2, -0.15) is 13.2 Å². The van der Waals surface area contributed by atoms with Crippen molar-refractivity contribution in [3.05, 3.63) is 65.2 Å². The summed E-state index contributed by atoms with van der Waals surface area (Å²) in [6, 6.07) is 10.4. The van der Waals surface area contributed by atoms with Crippen molar-refractivity contribution in [1.29, 1.82) is 0 Å². The van der Waals surface area contributed by atoms with E-state index in [1.807, 2.05) is 0 Å². The number of rotatable bonds is 6. The van der Waals surface area contributed by atoms with Crippen molar-refractivity contribution in [2.75, 3.05) is 12.3 Å². The van der Waals surface area contributed by atoms with Gasteiger partial charge in [0.05, 0.1) is 22.1 Å². The number of sulfone groups is 1. The van der Waals surface area contributed by atoms with Crippen LogP contribution in [0.15, 0.2) is 53.4 Å². The lowest BCUT2D eigenvalue weighted by atomic mass is 9.82. The molecule has 194 valence electrons. The molecule has 2 fully saturated rings. The molecule has 4 N–H and O–H groups in total. The van der Waals surface area contributed by atoms with Crippen LogP contribution in [0.4, 0.5) is 13.2 Å². The summed E-state index contributed by atoms with van der Waals surface area (Å²) in [5.41, 5.74) is 9.70. The molecule has 11 heteroatoms. The Hall–Kier alpha value is -2.92. The quantitative estimate of drug-likeness (QED) is 0.602. The predicted octanol–water partition coefficient (Wildman–Crippen LogP) is 3.09. The molecule has 2 aliphatic rings. The number of benzene rings is 2. The van der Waals surface area contributed by atoms with Crippen LogP contribution in [-0.2, 0) is 20.8 Å². The normalized spacial score (nSPS) is 25.2. The van der Waals surface area contributed by atoms with Crippen molar-refractivity contribution in [2.24, 2.45) is 17.4 Å². The van der Waals surface area contributed by atoms with E-state index in [2.05, 4.69) is 0 Å². The molecule has 0 radical (unpaired) electrons. The second-order valence-corrected chi connectivity index (χ2v) is 11.5. The number of nitrogens with zero attached hydrogens (tertiary/aromatic N) is 1. The lowest BCUT2D eigenvalue weighted by molar-refractivity contribution is -0.139. The number of amides is 2. The molecule has 7 nitrogen and oxygen atoms in total. The van der Waals surface area contributed by atoms with Gasteiger partial charge < -0.3 is 16.4 Å². The second kappa shape index (κ2) is 9.85. The van der Waals surface area contributed by atoms with Crippen molar-refractivity contribution in [1.82, 2.24) is 4.90 Å². The fraction of sp³-hybridized carbons (Fsp3) is 0.440. The van der Waals surface area contributed by atoms with Crippen LogP contribution < -0.4 is 11.5 Å². The zero-order chi connectivity index (χ0) is 26.3. The van der Waals surface area contributed by atoms with Gasteiger partial charge in [-0.05, 0) is 61.4 Å². The van der Waals surface area contributed by atoms with E-state index in [9.17, 15) is 31.2 Å². The highest BCUT2D eigenvalue weighted by Gasteiger charge is 2.46. The lowest BCUT2D eigenvalue weighted by Crippen LogP contribution is -2.49. The average Bonchev–Trinajstić information content (AvgIpc) is 3.19. The van der Waals surface area contributed by atoms with E-state index in [0.717, 1.165) is 12.1 Å². The molecule has 1 aliphatic carbocycles. The van der Waals surface area contributed by atoms with Gasteiger partial charge in [0.25, 0.3) is 0 Å². The smallest absolute Gasteiger partial charge is 0.366 e. The van der Waals surface area contributed by atoms with Crippen molar-refractivity contribution in [3.8, 4) is 0 Å². The fourth-order valence-corrected chi connectivity index (χ4v) is 7.27. The molecule has 2 aromatic carbocycles. The van der Waals surface area contributed by atoms with Gasteiger partial charge in [-0.3, -0.25) is 9.59 Å². The molecule has 4 atom stereocenters. The third-order valence-electron chi connectivity index (χ3n) is 7.18. The maximum Gasteiger partial charge on any atom is 0.416 e. The molecule has 2 aromatic rings. The predicted molar refractivity (Wildman–Crippen MR) is 127 cm³/mol. The van der Waals surface area contributed by atoms with Crippen LogP contribution >= 0.6 is 0 Å². The monoisotopic (exact) mass is 523 g/mol. The molecule has 1 aliphatic heterocycles. The summed E-state index contributed by atoms with van der Waals surface area (Å²) in [4.78, 5) is 27.2. The fourth-order valence-electron chi connectivity index (χ4n) is 5.58. The van der Waals surface area contributed by atoms with Crippen LogP contribution in [0, 0.1) is 5.92 Å². The Morgan fingerprint density at radius 1 is 1.03 bits per heavy atom. The number of nitrogens with two attached hydrogens (primary N) is 2. The number of likely N-dealkylation sites (tertiary alicyclic amines) is 1. The molecule has 1 saturated carbocycles. The number of hydrogen-bond donors (Lipinski definition) is 2. The first kappa shape index (κ1) is 26.2. The van der Waals surface area contributed by atoms with Gasteiger partial charge in [0.2, 0.25) is 11.8 Å². The van der Waals surface area contributed by atoms with E-state index >= 15 is 0 Å². The molecule has 0 unspecified atom stereocenters. The van der Waals surface area contributed by atoms with E-state index in [1.165, 1.54) is 23.1 Å². The van der Waals surface area contributed by atoms with Crippen LogP contribution in [0.1, 0.15) is 53.1 Å². The minimum atomic E-state index is -4.78. The van der Waals surface area contributed by atoms with Crippen LogP contribution in [0.3, 0.4) is 0 Å². The van der Waals surface area contributed by atoms with Gasteiger partial charge >= 0.3 is 6.18 Å². The lowest BCUT2D eigenvalue weighted by Gasteiger charge is -2.40. The minimum absolute atomic E-state index is 0.0624. The van der Waals surface area contributed by atoms with Crippen molar-refractivity contribution < 1.29 is 31.2 Å². The standard InChI is InChI=1S/C25H28F3N3O4S/c26-25(27,28)20-8-4-7-18(23(30)32)22(20)19-11-12-31(24(19)33)21-10-9-16(29)13-15(21)14-36(34,35)17-5-2-1-3-6-17/h1-8,15-16,19,21H,9-14,29H2,(H2,30,32)/t15-,16+,19-,21-/m0/s1. The third kappa shape index (κ3) is 5.12. The Kier molecular flexibility index (Phi) is 7.16. The minimum Gasteiger partial charge on any atom is -0.366 e. The summed E-state index contributed by atoms with van der Waals surface area (Å²) in [5, 5.41) is 0. The van der Waals surface area contributed by atoms with E-state index in [0.29, 0.717) is 19.3 Å². The average molecular weight is 524 g/mol. The maximum atomic E-state index is 13.8. The topological polar surface area (TPSA) is 124 Å². The number of halogens is 3. The largest absolute Gasteiger partial charge is 0.416 e. The van der Waals surface area contributed by atoms with Crippen LogP contribution in [0.5, 0.6) is 0 Å². The summed E-state index contributed by atoms with van der Waals surface area (Å²) in [6.07, 6.45) is -3.34. The Balaban J connectivity index is 1.65. The number of carbonyl (C=O) groups excluding carboxylic acids is 2. The Labute approximate surface area is 207 Å². The van der Waals surface area contributed by atoms with Gasteiger partial charge in [-0.1, -0.05) is 24.3 Å². The molecule has 1 saturated heterocycles. The first-order valence-electron chi connectivity index (χ1n) is 11.7. The summed E-state index contributed by atoms with van der Waals surface area (Å²) in [5.74, 6) is -3.51. The second-order valence-electron chi connectivity index (χ2n) is 9.50. The Morgan fingerprint density at radius 3 is 2.36 bits per heavy atom. The number of primary amides is 1. The zero-order valence-corrected chi connectivity index (χ0v) is 20.3.